The number of hydrogen-bond acceptors (Lipinski definition) is 1. The van der Waals surface area contributed by atoms with Crippen LogP contribution in [0.3, 0.4) is 0 Å². The van der Waals surface area contributed by atoms with E-state index in [-0.39, 0.29) is 0 Å². The van der Waals surface area contributed by atoms with Crippen LogP contribution in [0.5, 0.6) is 0 Å². The van der Waals surface area contributed by atoms with E-state index in [4.69, 9.17) is 0 Å². The van der Waals surface area contributed by atoms with E-state index < -0.39 is 5.60 Å². The van der Waals surface area contributed by atoms with Crippen molar-refractivity contribution in [1.29, 1.82) is 0 Å². The van der Waals surface area contributed by atoms with Crippen molar-refractivity contribution >= 4 is 6.08 Å². The van der Waals surface area contributed by atoms with E-state index in [9.17, 15) is 5.11 Å². The fourth-order valence-corrected chi connectivity index (χ4v) is 2.69. The van der Waals surface area contributed by atoms with Gasteiger partial charge in [-0.2, -0.15) is 0 Å². The molecule has 0 aliphatic carbocycles. The molecule has 0 aliphatic rings. The quantitative estimate of drug-likeness (QED) is 0.715. The van der Waals surface area contributed by atoms with Gasteiger partial charge in [0.05, 0.1) is 0 Å². The topological polar surface area (TPSA) is 20.2 Å². The zero-order valence-electron chi connectivity index (χ0n) is 13.0. The van der Waals surface area contributed by atoms with Gasteiger partial charge in [0.25, 0.3) is 0 Å². The third kappa shape index (κ3) is 3.97. The zero-order valence-corrected chi connectivity index (χ0v) is 13.0. The van der Waals surface area contributed by atoms with Gasteiger partial charge in [-0.05, 0) is 22.8 Å². The molecule has 114 valence electrons. The average Bonchev–Trinajstić information content (AvgIpc) is 2.63. The van der Waals surface area contributed by atoms with E-state index in [1.807, 2.05) is 103 Å². The van der Waals surface area contributed by atoms with E-state index in [1.54, 1.807) is 0 Å². The van der Waals surface area contributed by atoms with Crippen LogP contribution in [0.1, 0.15) is 16.7 Å². The molecule has 3 rings (SSSR count). The zero-order chi connectivity index (χ0) is 16.0. The molecular weight excluding hydrogens is 280 g/mol. The van der Waals surface area contributed by atoms with Gasteiger partial charge in [0.2, 0.25) is 0 Å². The van der Waals surface area contributed by atoms with Crippen molar-refractivity contribution in [3.8, 4) is 0 Å². The van der Waals surface area contributed by atoms with Crippen molar-refractivity contribution in [1.82, 2.24) is 0 Å². The highest BCUT2D eigenvalue weighted by Crippen LogP contribution is 2.28. The normalized spacial score (nSPS) is 13.8. The average molecular weight is 300 g/mol. The van der Waals surface area contributed by atoms with Gasteiger partial charge in [0, 0.05) is 6.42 Å². The van der Waals surface area contributed by atoms with Crippen LogP contribution in [0.15, 0.2) is 97.1 Å². The van der Waals surface area contributed by atoms with Crippen LogP contribution in [-0.4, -0.2) is 5.11 Å². The fraction of sp³-hybridized carbons (Fsp3) is 0.0909. The summed E-state index contributed by atoms with van der Waals surface area (Å²) in [6, 6.07) is 30.0. The summed E-state index contributed by atoms with van der Waals surface area (Å²) in [5.41, 5.74) is 2.06. The second-order valence-electron chi connectivity index (χ2n) is 5.70. The Labute approximate surface area is 137 Å². The first-order valence-corrected chi connectivity index (χ1v) is 7.82. The highest BCUT2D eigenvalue weighted by atomic mass is 16.3. The summed E-state index contributed by atoms with van der Waals surface area (Å²) in [4.78, 5) is 0. The van der Waals surface area contributed by atoms with Gasteiger partial charge in [-0.15, -0.1) is 0 Å². The molecule has 1 heteroatoms. The Morgan fingerprint density at radius 3 is 1.83 bits per heavy atom. The smallest absolute Gasteiger partial charge is 0.112 e. The summed E-state index contributed by atoms with van der Waals surface area (Å²) in [6.07, 6.45) is 4.42. The third-order valence-corrected chi connectivity index (χ3v) is 3.94. The molecule has 0 saturated carbocycles. The summed E-state index contributed by atoms with van der Waals surface area (Å²) in [7, 11) is 0. The Kier molecular flexibility index (Phi) is 4.70. The Balaban J connectivity index is 1.95. The van der Waals surface area contributed by atoms with Crippen molar-refractivity contribution in [3.63, 3.8) is 0 Å². The minimum absolute atomic E-state index is 0.543. The summed E-state index contributed by atoms with van der Waals surface area (Å²) in [6.45, 7) is 0. The van der Waals surface area contributed by atoms with Crippen molar-refractivity contribution in [2.24, 2.45) is 0 Å². The fourth-order valence-electron chi connectivity index (χ4n) is 2.69. The monoisotopic (exact) mass is 300 g/mol. The van der Waals surface area contributed by atoms with Crippen LogP contribution < -0.4 is 0 Å². The predicted octanol–water partition coefficient (Wildman–Crippen LogP) is 4.83. The molecule has 0 bridgehead atoms. The SMILES string of the molecule is OC(/C=C/c1ccccc1)(Cc1ccccc1)c1ccccc1. The van der Waals surface area contributed by atoms with Crippen LogP contribution in [-0.2, 0) is 12.0 Å². The molecule has 3 aromatic carbocycles. The maximum absolute atomic E-state index is 11.3. The van der Waals surface area contributed by atoms with Gasteiger partial charge in [-0.1, -0.05) is 97.1 Å². The molecule has 0 saturated heterocycles. The molecule has 0 aromatic heterocycles. The maximum Gasteiger partial charge on any atom is 0.112 e. The van der Waals surface area contributed by atoms with Gasteiger partial charge < -0.3 is 5.11 Å². The second kappa shape index (κ2) is 7.08. The van der Waals surface area contributed by atoms with Crippen LogP contribution in [0.4, 0.5) is 0 Å². The Hall–Kier alpha value is -2.64. The van der Waals surface area contributed by atoms with Crippen molar-refractivity contribution in [2.75, 3.05) is 0 Å². The van der Waals surface area contributed by atoms with Crippen molar-refractivity contribution < 1.29 is 5.11 Å². The van der Waals surface area contributed by atoms with Crippen LogP contribution >= 0.6 is 0 Å². The second-order valence-corrected chi connectivity index (χ2v) is 5.70. The summed E-state index contributed by atoms with van der Waals surface area (Å²) < 4.78 is 0. The minimum atomic E-state index is -1.03. The lowest BCUT2D eigenvalue weighted by Crippen LogP contribution is -2.25. The first-order valence-electron chi connectivity index (χ1n) is 7.82. The highest BCUT2D eigenvalue weighted by molar-refractivity contribution is 5.51. The van der Waals surface area contributed by atoms with E-state index in [0.717, 1.165) is 16.7 Å². The molecule has 1 nitrogen and oxygen atoms in total. The van der Waals surface area contributed by atoms with Crippen molar-refractivity contribution in [3.05, 3.63) is 114 Å². The Morgan fingerprint density at radius 2 is 1.22 bits per heavy atom. The van der Waals surface area contributed by atoms with Gasteiger partial charge in [0.15, 0.2) is 0 Å². The predicted molar refractivity (Wildman–Crippen MR) is 96.0 cm³/mol. The Bertz CT molecular complexity index is 748. The first-order chi connectivity index (χ1) is 11.3. The lowest BCUT2D eigenvalue weighted by Gasteiger charge is -2.25. The highest BCUT2D eigenvalue weighted by Gasteiger charge is 2.26. The maximum atomic E-state index is 11.3. The van der Waals surface area contributed by atoms with Crippen molar-refractivity contribution in [2.45, 2.75) is 12.0 Å². The molecular formula is C22H20O. The molecule has 0 radical (unpaired) electrons. The van der Waals surface area contributed by atoms with E-state index >= 15 is 0 Å². The van der Waals surface area contributed by atoms with E-state index in [2.05, 4.69) is 0 Å². The minimum Gasteiger partial charge on any atom is -0.381 e. The Morgan fingerprint density at radius 1 is 0.696 bits per heavy atom. The molecule has 0 fully saturated rings. The number of aliphatic hydroxyl groups is 1. The standard InChI is InChI=1S/C22H20O/c23-22(21-14-8-3-9-15-21,18-20-12-6-2-7-13-20)17-16-19-10-4-1-5-11-19/h1-17,23H,18H2/b17-16+. The van der Waals surface area contributed by atoms with Gasteiger partial charge in [0.1, 0.15) is 5.60 Å². The lowest BCUT2D eigenvalue weighted by atomic mass is 9.86. The number of hydrogen-bond donors (Lipinski definition) is 1. The van der Waals surface area contributed by atoms with Gasteiger partial charge in [-0.25, -0.2) is 0 Å². The lowest BCUT2D eigenvalue weighted by molar-refractivity contribution is 0.0907. The van der Waals surface area contributed by atoms with Gasteiger partial charge in [-0.3, -0.25) is 0 Å². The molecule has 3 aromatic rings. The van der Waals surface area contributed by atoms with E-state index in [0.29, 0.717) is 6.42 Å². The summed E-state index contributed by atoms with van der Waals surface area (Å²) in [5, 5.41) is 11.3. The molecule has 1 unspecified atom stereocenters. The van der Waals surface area contributed by atoms with Crippen LogP contribution in [0.2, 0.25) is 0 Å². The molecule has 0 spiro atoms. The summed E-state index contributed by atoms with van der Waals surface area (Å²) >= 11 is 0. The largest absolute Gasteiger partial charge is 0.381 e. The van der Waals surface area contributed by atoms with Crippen LogP contribution in [0, 0.1) is 0 Å². The molecule has 1 atom stereocenters. The van der Waals surface area contributed by atoms with Crippen LogP contribution in [0.25, 0.3) is 6.08 Å². The third-order valence-electron chi connectivity index (χ3n) is 3.94. The molecule has 1 N–H and O–H groups in total. The first kappa shape index (κ1) is 15.3. The van der Waals surface area contributed by atoms with Gasteiger partial charge >= 0.3 is 0 Å². The molecule has 0 heterocycles. The molecule has 0 amide bonds. The molecule has 23 heavy (non-hydrogen) atoms. The summed E-state index contributed by atoms with van der Waals surface area (Å²) in [5.74, 6) is 0. The number of rotatable bonds is 5. The molecule has 0 aliphatic heterocycles. The van der Waals surface area contributed by atoms with E-state index in [1.165, 1.54) is 0 Å². The number of benzene rings is 3.